The van der Waals surface area contributed by atoms with Gasteiger partial charge in [0.2, 0.25) is 11.8 Å². The van der Waals surface area contributed by atoms with Gasteiger partial charge in [-0.05, 0) is 414 Å². The number of carbonyl (C=O) groups is 10. The molecular weight excluding hydrogens is 1910 g/mol. The van der Waals surface area contributed by atoms with Crippen LogP contribution in [-0.4, -0.2) is 175 Å². The lowest BCUT2D eigenvalue weighted by atomic mass is 9.97. The number of anilines is 7. The molecule has 149 heavy (non-hydrogen) atoms. The van der Waals surface area contributed by atoms with E-state index in [4.69, 9.17) is 32.9 Å². The van der Waals surface area contributed by atoms with Crippen molar-refractivity contribution in [3.63, 3.8) is 0 Å². The van der Waals surface area contributed by atoms with Crippen molar-refractivity contribution in [3.8, 4) is 0 Å². The van der Waals surface area contributed by atoms with Crippen LogP contribution in [0.2, 0.25) is 10.0 Å². The second kappa shape index (κ2) is 54.7. The Morgan fingerprint density at radius 3 is 0.973 bits per heavy atom. The van der Waals surface area contributed by atoms with Crippen LogP contribution in [0.4, 0.5) is 84.4 Å². The molecule has 0 fully saturated rings. The maximum atomic E-state index is 11.9. The summed E-state index contributed by atoms with van der Waals surface area (Å²) in [4.78, 5) is 155. The highest BCUT2D eigenvalue weighted by Crippen LogP contribution is 2.36. The minimum atomic E-state index is -0.638. The molecule has 28 nitrogen and oxygen atoms in total. The van der Waals surface area contributed by atoms with Crippen LogP contribution in [0.1, 0.15) is 137 Å². The Morgan fingerprint density at radius 2 is 0.638 bits per heavy atom. The Labute approximate surface area is 885 Å². The zero-order valence-electron chi connectivity index (χ0n) is 90.8. The number of Topliss-reactive ketones (excluding diaryl/α,β-unsaturated/α-hetero) is 4. The van der Waals surface area contributed by atoms with E-state index in [9.17, 15) is 47.9 Å². The van der Waals surface area contributed by atoms with Gasteiger partial charge >= 0.3 is 6.09 Å². The van der Waals surface area contributed by atoms with Crippen LogP contribution in [0.3, 0.4) is 0 Å². The van der Waals surface area contributed by atoms with E-state index in [0.717, 1.165) is 159 Å². The molecule has 3 amide bonds. The standard InChI is InChI=1S/2C18H21N3O2.C18H22N2O.C17H18ClN3O3.C17H20N2O.C16H18N2O.C15H15ClN2O/c1-11-8-14(21(4)5)6-7-15(11)20-16-9-12(2)18(23)10-17(16)19-13(3)22;1-5-19-15-7-6-14(8-11(15)2)21-16-9-12(3)18(23)10-17(16)20-13(4)22;1-11-9-16(20(5)6)10-12(2)17(11)19-15-7-13(3)18(21)14(4)8-15;1-4-24-17(23)21-15-9-16(22)10(2)7-14(15)20-11-5-6-13(19-3)12(18)8-11;1-11-10-15(19(4)5)6-7-16(11)18-14-8-12(2)17(20)13(3)9-14;1-10-7-13(17-4)5-6-15(10)18-14-8-11(2)16(19)12(3)9-14;1-9-6-12(7-10(2)15(9)19)18-14-5-4-11(17-3)8-13(14)16/h6-10H,1-5H3,(H,19,22);6-10,19H,5H2,1-4H3,(H,20,22);7-10H,1-6H3;5-9,19H,4H2,1-3H3,(H,21,23);6-10H,1-5H3;5-9,17H,1-4H3;4-8,17H,1-3H3. The van der Waals surface area contributed by atoms with Crippen molar-refractivity contribution in [3.05, 3.63) is 328 Å². The molecule has 7 aliphatic rings. The van der Waals surface area contributed by atoms with E-state index in [1.807, 2.05) is 253 Å². The summed E-state index contributed by atoms with van der Waals surface area (Å²) in [6.45, 7) is 39.6. The van der Waals surface area contributed by atoms with Crippen LogP contribution in [0.5, 0.6) is 0 Å². The van der Waals surface area contributed by atoms with Gasteiger partial charge in [0, 0.05) is 136 Å². The first kappa shape index (κ1) is 118. The number of aryl methyl sites for hydroxylation is 6. The van der Waals surface area contributed by atoms with Gasteiger partial charge in [0.05, 0.1) is 119 Å². The van der Waals surface area contributed by atoms with Crippen LogP contribution in [0, 0.1) is 41.5 Å². The van der Waals surface area contributed by atoms with Crippen LogP contribution in [-0.2, 0) is 47.9 Å². The second-order valence-corrected chi connectivity index (χ2v) is 37.5. The van der Waals surface area contributed by atoms with Crippen molar-refractivity contribution >= 4 is 201 Å². The topological polar surface area (TPSA) is 360 Å². The molecule has 0 spiro atoms. The van der Waals surface area contributed by atoms with E-state index in [-0.39, 0.29) is 64.6 Å². The van der Waals surface area contributed by atoms with Gasteiger partial charge in [0.25, 0.3) is 0 Å². The van der Waals surface area contributed by atoms with Gasteiger partial charge in [-0.3, -0.25) is 48.5 Å². The first-order valence-corrected chi connectivity index (χ1v) is 49.1. The fourth-order valence-corrected chi connectivity index (χ4v) is 15.7. The SMILES string of the molecule is CC(=O)NC1=CC(=O)C(C)=CC1=Nc1ccc(N(C)C)cc1C.CC1=CC(=Nc2c(C)cc(N(C)C)cc2C)C=C(C)C1=O.CC1=CC(=Nc2ccc(N(C)C)cc2C)C=C(C)C1=O.CCNc1ccc(N=C2C=C(C)C(=O)C=C2NC(C)=O)cc1C.CCOC(=O)NC1=CC(=O)C(C)=CC1=Nc1ccc(NC)c(Cl)c1.CNc1ccc(N=C2C=C(C)C(=O)C(C)=C2)c(C)c1.CNc1ccc(N=C2C=C(C)C(=O)C(C)=C2)c(Cl)c1. The highest BCUT2D eigenvalue weighted by atomic mass is 35.5. The number of amides is 3. The maximum Gasteiger partial charge on any atom is 0.411 e. The third-order valence-corrected chi connectivity index (χ3v) is 24.0. The van der Waals surface area contributed by atoms with Gasteiger partial charge in [-0.1, -0.05) is 23.2 Å². The quantitative estimate of drug-likeness (QED) is 0.0370. The predicted molar refractivity (Wildman–Crippen MR) is 617 cm³/mol. The Kier molecular flexibility index (Phi) is 43.3. The second-order valence-electron chi connectivity index (χ2n) is 36.7. The van der Waals surface area contributed by atoms with Crippen molar-refractivity contribution in [1.29, 1.82) is 0 Å². The number of rotatable bonds is 19. The summed E-state index contributed by atoms with van der Waals surface area (Å²) in [5.41, 5.74) is 33.2. The number of nitrogens with one attached hydrogen (secondary N) is 7. The average Bonchev–Trinajstić information content (AvgIpc) is 0.831. The fourth-order valence-electron chi connectivity index (χ4n) is 15.2. The molecule has 0 atom stereocenters. The minimum absolute atomic E-state index is 0.0653. The smallest absolute Gasteiger partial charge is 0.411 e. The summed E-state index contributed by atoms with van der Waals surface area (Å²) in [5.74, 6) is -0.526. The van der Waals surface area contributed by atoms with Crippen molar-refractivity contribution in [2.24, 2.45) is 34.9 Å². The number of ketones is 7. The molecule has 7 N–H and O–H groups in total. The number of alkyl carbamates (subject to hydrolysis) is 1. The summed E-state index contributed by atoms with van der Waals surface area (Å²) < 4.78 is 4.85. The monoisotopic (exact) mass is 2050 g/mol. The summed E-state index contributed by atoms with van der Waals surface area (Å²) in [6.07, 6.45) is 23.1. The van der Waals surface area contributed by atoms with E-state index >= 15 is 0 Å². The van der Waals surface area contributed by atoms with Gasteiger partial charge in [-0.25, -0.2) is 39.7 Å². The molecule has 0 unspecified atom stereocenters. The zero-order chi connectivity index (χ0) is 110. The molecule has 14 rings (SSSR count). The number of aliphatic imine (C=N–C) groups is 7. The Bertz CT molecular complexity index is 7000. The van der Waals surface area contributed by atoms with Crippen LogP contribution in [0.25, 0.3) is 0 Å². The number of hydrogen-bond acceptors (Lipinski definition) is 25. The number of hydrogen-bond donors (Lipinski definition) is 7. The van der Waals surface area contributed by atoms with Gasteiger partial charge in [-0.2, -0.15) is 0 Å². The van der Waals surface area contributed by atoms with Crippen LogP contribution < -0.4 is 51.9 Å². The van der Waals surface area contributed by atoms with Gasteiger partial charge in [-0.15, -0.1) is 0 Å². The molecule has 0 heterocycles. The molecule has 7 aromatic rings. The number of halogens is 2. The minimum Gasteiger partial charge on any atom is -0.450 e. The van der Waals surface area contributed by atoms with E-state index in [1.54, 1.807) is 97.2 Å². The average molecular weight is 2050 g/mol. The Hall–Kier alpha value is -16.3. The third kappa shape index (κ3) is 34.4. The lowest BCUT2D eigenvalue weighted by molar-refractivity contribution is -0.119. The Morgan fingerprint density at radius 1 is 0.309 bits per heavy atom. The normalized spacial score (nSPS) is 15.4. The molecule has 776 valence electrons. The summed E-state index contributed by atoms with van der Waals surface area (Å²) in [7, 11) is 17.6. The van der Waals surface area contributed by atoms with E-state index < -0.39 is 6.09 Å². The molecule has 0 aromatic heterocycles. The first-order chi connectivity index (χ1) is 70.3. The van der Waals surface area contributed by atoms with Crippen LogP contribution >= 0.6 is 23.2 Å². The van der Waals surface area contributed by atoms with Gasteiger partial charge in [0.15, 0.2) is 40.5 Å². The Balaban J connectivity index is 0.000000212. The number of allylic oxidation sites excluding steroid dienone is 25. The molecule has 0 radical (unpaired) electrons. The first-order valence-electron chi connectivity index (χ1n) is 48.3. The summed E-state index contributed by atoms with van der Waals surface area (Å²) >= 11 is 12.3. The molecule has 7 aromatic carbocycles. The summed E-state index contributed by atoms with van der Waals surface area (Å²) in [6, 6.07) is 39.2. The number of carbonyl (C=O) groups excluding carboxylic acids is 10. The molecule has 30 heteroatoms. The molecular formula is C119H135Cl2N17O11. The van der Waals surface area contributed by atoms with E-state index in [0.29, 0.717) is 77.8 Å². The van der Waals surface area contributed by atoms with Gasteiger partial charge in [0.1, 0.15) is 0 Å². The lowest BCUT2D eigenvalue weighted by Crippen LogP contribution is -2.30. The predicted octanol–water partition coefficient (Wildman–Crippen LogP) is 24.4. The largest absolute Gasteiger partial charge is 0.450 e. The summed E-state index contributed by atoms with van der Waals surface area (Å²) in [5, 5.41) is 21.3. The van der Waals surface area contributed by atoms with Crippen molar-refractivity contribution in [2.75, 3.05) is 113 Å². The van der Waals surface area contributed by atoms with E-state index in [1.165, 1.54) is 37.8 Å². The molecule has 0 saturated heterocycles. The number of ether oxygens (including phenoxy) is 1. The van der Waals surface area contributed by atoms with Gasteiger partial charge < -0.3 is 51.3 Å². The maximum absolute atomic E-state index is 11.9. The molecule has 0 saturated carbocycles. The number of nitrogens with zero attached hydrogens (tertiary/aromatic N) is 10. The highest BCUT2D eigenvalue weighted by molar-refractivity contribution is 6.35. The van der Waals surface area contributed by atoms with Crippen LogP contribution in [0.15, 0.2) is 320 Å². The fraction of sp³-hybridized carbons (Fsp3) is 0.269. The molecule has 7 aliphatic carbocycles. The zero-order valence-corrected chi connectivity index (χ0v) is 92.3. The third-order valence-electron chi connectivity index (χ3n) is 23.4. The van der Waals surface area contributed by atoms with Crippen molar-refractivity contribution < 1.29 is 52.7 Å². The highest BCUT2D eigenvalue weighted by Gasteiger charge is 2.25. The lowest BCUT2D eigenvalue weighted by Gasteiger charge is -2.16. The van der Waals surface area contributed by atoms with E-state index in [2.05, 4.69) is 115 Å². The molecule has 0 aliphatic heterocycles. The molecule has 0 bridgehead atoms. The van der Waals surface area contributed by atoms with Crippen molar-refractivity contribution in [1.82, 2.24) is 16.0 Å². The number of benzene rings is 7. The van der Waals surface area contributed by atoms with Crippen molar-refractivity contribution in [2.45, 2.75) is 145 Å².